The minimum Gasteiger partial charge on any atom is -0.370 e. The lowest BCUT2D eigenvalue weighted by atomic mass is 10.1. The van der Waals surface area contributed by atoms with Gasteiger partial charge in [0.15, 0.2) is 0 Å². The lowest BCUT2D eigenvalue weighted by Gasteiger charge is -2.09. The molecule has 0 unspecified atom stereocenters. The Morgan fingerprint density at radius 1 is 1.00 bits per heavy atom. The molecular formula is C18H25N3. The SMILES string of the molecule is CCCNc1cc(CCC)nc(Cc2ccc(C)cc2)n1. The molecule has 21 heavy (non-hydrogen) atoms. The molecule has 0 bridgehead atoms. The number of anilines is 1. The molecule has 0 saturated carbocycles. The van der Waals surface area contributed by atoms with Crippen LogP contribution in [0.5, 0.6) is 0 Å². The molecule has 0 amide bonds. The van der Waals surface area contributed by atoms with Gasteiger partial charge in [-0.3, -0.25) is 0 Å². The first-order valence-corrected chi connectivity index (χ1v) is 7.87. The van der Waals surface area contributed by atoms with E-state index in [1.54, 1.807) is 0 Å². The highest BCUT2D eigenvalue weighted by atomic mass is 15.0. The van der Waals surface area contributed by atoms with E-state index in [-0.39, 0.29) is 0 Å². The van der Waals surface area contributed by atoms with E-state index in [1.807, 2.05) is 0 Å². The van der Waals surface area contributed by atoms with Gasteiger partial charge in [-0.2, -0.15) is 0 Å². The first kappa shape index (κ1) is 15.5. The molecule has 0 spiro atoms. The summed E-state index contributed by atoms with van der Waals surface area (Å²) in [5.41, 5.74) is 3.67. The van der Waals surface area contributed by atoms with Crippen LogP contribution in [0.15, 0.2) is 30.3 Å². The molecule has 3 nitrogen and oxygen atoms in total. The van der Waals surface area contributed by atoms with E-state index in [4.69, 9.17) is 4.98 Å². The summed E-state index contributed by atoms with van der Waals surface area (Å²) in [7, 11) is 0. The fourth-order valence-corrected chi connectivity index (χ4v) is 2.25. The summed E-state index contributed by atoms with van der Waals surface area (Å²) in [6.45, 7) is 7.40. The Bertz CT molecular complexity index is 561. The van der Waals surface area contributed by atoms with Crippen LogP contribution in [0.3, 0.4) is 0 Å². The molecule has 2 aromatic rings. The maximum Gasteiger partial charge on any atom is 0.135 e. The van der Waals surface area contributed by atoms with Gasteiger partial charge in [-0.05, 0) is 25.3 Å². The second-order valence-corrected chi connectivity index (χ2v) is 5.50. The maximum atomic E-state index is 4.70. The Labute approximate surface area is 127 Å². The van der Waals surface area contributed by atoms with Gasteiger partial charge >= 0.3 is 0 Å². The Kier molecular flexibility index (Phi) is 5.73. The van der Waals surface area contributed by atoms with Gasteiger partial charge in [0.25, 0.3) is 0 Å². The first-order valence-electron chi connectivity index (χ1n) is 7.87. The Balaban J connectivity index is 2.19. The van der Waals surface area contributed by atoms with E-state index in [2.05, 4.69) is 61.4 Å². The molecule has 112 valence electrons. The summed E-state index contributed by atoms with van der Waals surface area (Å²) < 4.78 is 0. The molecule has 0 aliphatic rings. The zero-order valence-electron chi connectivity index (χ0n) is 13.3. The minimum absolute atomic E-state index is 0.790. The van der Waals surface area contributed by atoms with E-state index < -0.39 is 0 Å². The molecule has 1 aromatic heterocycles. The molecule has 0 aliphatic carbocycles. The monoisotopic (exact) mass is 283 g/mol. The average Bonchev–Trinajstić information content (AvgIpc) is 2.48. The van der Waals surface area contributed by atoms with Crippen molar-refractivity contribution in [2.24, 2.45) is 0 Å². The lowest BCUT2D eigenvalue weighted by molar-refractivity contribution is 0.838. The van der Waals surface area contributed by atoms with E-state index >= 15 is 0 Å². The fraction of sp³-hybridized carbons (Fsp3) is 0.444. The standard InChI is InChI=1S/C18H25N3/c1-4-6-16-13-17(19-11-5-2)21-18(20-16)12-15-9-7-14(3)8-10-15/h7-10,13H,4-6,11-12H2,1-3H3,(H,19,20,21). The van der Waals surface area contributed by atoms with Crippen LogP contribution in [-0.2, 0) is 12.8 Å². The summed E-state index contributed by atoms with van der Waals surface area (Å²) >= 11 is 0. The number of hydrogen-bond donors (Lipinski definition) is 1. The van der Waals surface area contributed by atoms with Gasteiger partial charge in [0.1, 0.15) is 11.6 Å². The highest BCUT2D eigenvalue weighted by Crippen LogP contribution is 2.13. The molecule has 3 heteroatoms. The smallest absolute Gasteiger partial charge is 0.135 e. The molecule has 1 aromatic carbocycles. The molecule has 0 fully saturated rings. The number of hydrogen-bond acceptors (Lipinski definition) is 3. The van der Waals surface area contributed by atoms with Gasteiger partial charge < -0.3 is 5.32 Å². The summed E-state index contributed by atoms with van der Waals surface area (Å²) in [6, 6.07) is 10.7. The minimum atomic E-state index is 0.790. The average molecular weight is 283 g/mol. The first-order chi connectivity index (χ1) is 10.2. The second-order valence-electron chi connectivity index (χ2n) is 5.50. The molecule has 1 heterocycles. The fourth-order valence-electron chi connectivity index (χ4n) is 2.25. The third-order valence-corrected chi connectivity index (χ3v) is 3.37. The zero-order chi connectivity index (χ0) is 15.1. The van der Waals surface area contributed by atoms with Crippen molar-refractivity contribution in [3.63, 3.8) is 0 Å². The predicted octanol–water partition coefficient (Wildman–Crippen LogP) is 4.15. The zero-order valence-corrected chi connectivity index (χ0v) is 13.3. The number of aryl methyl sites for hydroxylation is 2. The van der Waals surface area contributed by atoms with Crippen molar-refractivity contribution in [3.8, 4) is 0 Å². The molecular weight excluding hydrogens is 258 g/mol. The number of aromatic nitrogens is 2. The summed E-state index contributed by atoms with van der Waals surface area (Å²) in [6.07, 6.45) is 4.00. The highest BCUT2D eigenvalue weighted by Gasteiger charge is 2.05. The number of benzene rings is 1. The van der Waals surface area contributed by atoms with E-state index in [1.165, 1.54) is 11.1 Å². The van der Waals surface area contributed by atoms with Crippen LogP contribution in [-0.4, -0.2) is 16.5 Å². The van der Waals surface area contributed by atoms with Gasteiger partial charge in [0.2, 0.25) is 0 Å². The predicted molar refractivity (Wildman–Crippen MR) is 88.8 cm³/mol. The summed E-state index contributed by atoms with van der Waals surface area (Å²) in [5.74, 6) is 1.86. The van der Waals surface area contributed by atoms with Crippen molar-refractivity contribution in [3.05, 3.63) is 53.0 Å². The summed E-state index contributed by atoms with van der Waals surface area (Å²) in [5, 5.41) is 3.38. The van der Waals surface area contributed by atoms with Crippen LogP contribution in [0.25, 0.3) is 0 Å². The van der Waals surface area contributed by atoms with Crippen LogP contribution in [0.1, 0.15) is 49.3 Å². The third-order valence-electron chi connectivity index (χ3n) is 3.37. The van der Waals surface area contributed by atoms with Gasteiger partial charge in [0.05, 0.1) is 0 Å². The lowest BCUT2D eigenvalue weighted by Crippen LogP contribution is -2.08. The molecule has 2 rings (SSSR count). The molecule has 0 atom stereocenters. The van der Waals surface area contributed by atoms with Crippen molar-refractivity contribution >= 4 is 5.82 Å². The van der Waals surface area contributed by atoms with Crippen LogP contribution in [0, 0.1) is 6.92 Å². The quantitative estimate of drug-likeness (QED) is 0.829. The van der Waals surface area contributed by atoms with Crippen LogP contribution >= 0.6 is 0 Å². The van der Waals surface area contributed by atoms with E-state index in [0.717, 1.165) is 49.6 Å². The van der Waals surface area contributed by atoms with Gasteiger partial charge in [0, 0.05) is 24.7 Å². The summed E-state index contributed by atoms with van der Waals surface area (Å²) in [4.78, 5) is 9.35. The Morgan fingerprint density at radius 2 is 1.76 bits per heavy atom. The van der Waals surface area contributed by atoms with E-state index in [0.29, 0.717) is 0 Å². The van der Waals surface area contributed by atoms with Gasteiger partial charge in [-0.15, -0.1) is 0 Å². The molecule has 0 saturated heterocycles. The van der Waals surface area contributed by atoms with Gasteiger partial charge in [-0.1, -0.05) is 50.1 Å². The van der Waals surface area contributed by atoms with Gasteiger partial charge in [-0.25, -0.2) is 9.97 Å². The van der Waals surface area contributed by atoms with Crippen molar-refractivity contribution in [2.75, 3.05) is 11.9 Å². The van der Waals surface area contributed by atoms with Crippen LogP contribution in [0.2, 0.25) is 0 Å². The van der Waals surface area contributed by atoms with Crippen molar-refractivity contribution in [1.29, 1.82) is 0 Å². The number of nitrogens with one attached hydrogen (secondary N) is 1. The maximum absolute atomic E-state index is 4.70. The third kappa shape index (κ3) is 4.85. The molecule has 0 radical (unpaired) electrons. The van der Waals surface area contributed by atoms with E-state index in [9.17, 15) is 0 Å². The number of rotatable bonds is 7. The molecule has 0 aliphatic heterocycles. The Hall–Kier alpha value is -1.90. The Morgan fingerprint density at radius 3 is 2.43 bits per heavy atom. The highest BCUT2D eigenvalue weighted by molar-refractivity contribution is 5.37. The largest absolute Gasteiger partial charge is 0.370 e. The molecule has 1 N–H and O–H groups in total. The van der Waals surface area contributed by atoms with Crippen LogP contribution < -0.4 is 5.32 Å². The van der Waals surface area contributed by atoms with Crippen LogP contribution in [0.4, 0.5) is 5.82 Å². The van der Waals surface area contributed by atoms with Crippen molar-refractivity contribution < 1.29 is 0 Å². The topological polar surface area (TPSA) is 37.8 Å². The van der Waals surface area contributed by atoms with Crippen molar-refractivity contribution in [2.45, 2.75) is 46.5 Å². The number of nitrogens with zero attached hydrogens (tertiary/aromatic N) is 2. The second kappa shape index (κ2) is 7.77. The van der Waals surface area contributed by atoms with Crippen molar-refractivity contribution in [1.82, 2.24) is 9.97 Å². The normalized spacial score (nSPS) is 10.6.